The molecule has 16 heavy (non-hydrogen) atoms. The summed E-state index contributed by atoms with van der Waals surface area (Å²) in [6, 6.07) is 19.6. The van der Waals surface area contributed by atoms with E-state index in [1.165, 1.54) is 0 Å². The van der Waals surface area contributed by atoms with Crippen molar-refractivity contribution in [1.82, 2.24) is 0 Å². The molecule has 0 fully saturated rings. The Balaban J connectivity index is 2.16. The van der Waals surface area contributed by atoms with Crippen LogP contribution in [0.3, 0.4) is 0 Å². The summed E-state index contributed by atoms with van der Waals surface area (Å²) in [5, 5.41) is 0. The number of benzene rings is 2. The Labute approximate surface area is 95.1 Å². The zero-order chi connectivity index (χ0) is 11.2. The topological polar surface area (TPSA) is 20.3 Å². The summed E-state index contributed by atoms with van der Waals surface area (Å²) in [7, 11) is 0. The highest BCUT2D eigenvalue weighted by molar-refractivity contribution is 5.74. The van der Waals surface area contributed by atoms with E-state index in [2.05, 4.69) is 0 Å². The first-order valence-corrected chi connectivity index (χ1v) is 5.21. The molecular weight excluding hydrogens is 198 g/mol. The quantitative estimate of drug-likeness (QED) is 0.712. The minimum absolute atomic E-state index is 0.606. The zero-order valence-corrected chi connectivity index (χ0v) is 8.91. The van der Waals surface area contributed by atoms with Crippen molar-refractivity contribution in [3.05, 3.63) is 66.2 Å². The molecule has 0 bridgehead atoms. The summed E-state index contributed by atoms with van der Waals surface area (Å²) >= 11 is 0. The summed E-state index contributed by atoms with van der Waals surface area (Å²) in [5.74, 6) is 0. The molecule has 2 rings (SSSR count). The van der Waals surface area contributed by atoms with E-state index in [0.29, 0.717) is 6.54 Å². The number of amides is 1. The number of hydrogen-bond acceptors (Lipinski definition) is 1. The first-order chi connectivity index (χ1) is 7.90. The molecule has 0 heterocycles. The fourth-order valence-corrected chi connectivity index (χ4v) is 1.59. The van der Waals surface area contributed by atoms with Crippen molar-refractivity contribution in [2.24, 2.45) is 0 Å². The second-order valence-corrected chi connectivity index (χ2v) is 3.55. The third-order valence-corrected chi connectivity index (χ3v) is 2.41. The van der Waals surface area contributed by atoms with Crippen molar-refractivity contribution < 1.29 is 4.79 Å². The maximum absolute atomic E-state index is 11.0. The largest absolute Gasteiger partial charge is 0.311 e. The van der Waals surface area contributed by atoms with Crippen molar-refractivity contribution in [1.29, 1.82) is 0 Å². The lowest BCUT2D eigenvalue weighted by Crippen LogP contribution is -2.19. The van der Waals surface area contributed by atoms with Crippen LogP contribution in [0.4, 0.5) is 5.69 Å². The molecule has 2 aromatic rings. The van der Waals surface area contributed by atoms with Crippen LogP contribution in [0.15, 0.2) is 60.7 Å². The van der Waals surface area contributed by atoms with Crippen LogP contribution in [0.1, 0.15) is 5.56 Å². The molecule has 0 saturated carbocycles. The van der Waals surface area contributed by atoms with E-state index in [4.69, 9.17) is 0 Å². The molecule has 2 nitrogen and oxygen atoms in total. The monoisotopic (exact) mass is 211 g/mol. The fraction of sp³-hybridized carbons (Fsp3) is 0.0714. The lowest BCUT2D eigenvalue weighted by Gasteiger charge is -2.17. The highest BCUT2D eigenvalue weighted by Crippen LogP contribution is 2.14. The van der Waals surface area contributed by atoms with E-state index >= 15 is 0 Å². The van der Waals surface area contributed by atoms with Gasteiger partial charge in [0.05, 0.1) is 6.54 Å². The molecule has 0 aliphatic rings. The predicted molar refractivity (Wildman–Crippen MR) is 65.1 cm³/mol. The molecule has 2 aromatic carbocycles. The Kier molecular flexibility index (Phi) is 3.34. The number of carbonyl (C=O) groups is 1. The van der Waals surface area contributed by atoms with E-state index in [-0.39, 0.29) is 0 Å². The van der Waals surface area contributed by atoms with E-state index < -0.39 is 0 Å². The van der Waals surface area contributed by atoms with Gasteiger partial charge in [0.25, 0.3) is 0 Å². The van der Waals surface area contributed by atoms with Gasteiger partial charge in [-0.3, -0.25) is 4.79 Å². The number of hydrogen-bond donors (Lipinski definition) is 0. The van der Waals surface area contributed by atoms with Crippen LogP contribution >= 0.6 is 0 Å². The highest BCUT2D eigenvalue weighted by atomic mass is 16.1. The van der Waals surface area contributed by atoms with Crippen molar-refractivity contribution in [2.45, 2.75) is 6.54 Å². The van der Waals surface area contributed by atoms with Crippen molar-refractivity contribution in [2.75, 3.05) is 4.90 Å². The molecule has 0 aromatic heterocycles. The minimum atomic E-state index is 0.606. The Bertz CT molecular complexity index is 439. The molecule has 0 aliphatic carbocycles. The van der Waals surface area contributed by atoms with Gasteiger partial charge in [-0.15, -0.1) is 0 Å². The minimum Gasteiger partial charge on any atom is -0.311 e. The molecule has 0 saturated heterocycles. The summed E-state index contributed by atoms with van der Waals surface area (Å²) < 4.78 is 0. The molecule has 0 N–H and O–H groups in total. The van der Waals surface area contributed by atoms with Gasteiger partial charge in [0, 0.05) is 5.69 Å². The average Bonchev–Trinajstić information content (AvgIpc) is 2.38. The second-order valence-electron chi connectivity index (χ2n) is 3.55. The van der Waals surface area contributed by atoms with Gasteiger partial charge in [-0.25, -0.2) is 0 Å². The van der Waals surface area contributed by atoms with E-state index in [1.807, 2.05) is 60.7 Å². The fourth-order valence-electron chi connectivity index (χ4n) is 1.59. The van der Waals surface area contributed by atoms with Gasteiger partial charge in [0.1, 0.15) is 0 Å². The number of carbonyl (C=O) groups excluding carboxylic acids is 1. The van der Waals surface area contributed by atoms with E-state index in [1.54, 1.807) is 4.90 Å². The summed E-state index contributed by atoms with van der Waals surface area (Å²) in [6.45, 7) is 0.606. The normalized spacial score (nSPS) is 9.75. The van der Waals surface area contributed by atoms with Gasteiger partial charge in [-0.05, 0) is 17.7 Å². The number of para-hydroxylation sites is 1. The van der Waals surface area contributed by atoms with Crippen molar-refractivity contribution in [3.63, 3.8) is 0 Å². The molecule has 0 radical (unpaired) electrons. The molecule has 0 spiro atoms. The molecule has 0 atom stereocenters. The van der Waals surface area contributed by atoms with Gasteiger partial charge in [-0.2, -0.15) is 0 Å². The van der Waals surface area contributed by atoms with Gasteiger partial charge in [-0.1, -0.05) is 48.5 Å². The summed E-state index contributed by atoms with van der Waals surface area (Å²) in [6.07, 6.45) is 0.863. The van der Waals surface area contributed by atoms with E-state index in [9.17, 15) is 4.79 Å². The maximum atomic E-state index is 11.0. The molecule has 80 valence electrons. The number of anilines is 1. The van der Waals surface area contributed by atoms with Crippen molar-refractivity contribution >= 4 is 12.1 Å². The van der Waals surface area contributed by atoms with Gasteiger partial charge in [0.2, 0.25) is 6.41 Å². The number of rotatable bonds is 4. The van der Waals surface area contributed by atoms with E-state index in [0.717, 1.165) is 17.7 Å². The Hall–Kier alpha value is -2.09. The second kappa shape index (κ2) is 5.12. The molecular formula is C14H13NO. The van der Waals surface area contributed by atoms with Crippen LogP contribution in [-0.2, 0) is 11.3 Å². The van der Waals surface area contributed by atoms with Crippen LogP contribution in [0.2, 0.25) is 0 Å². The SMILES string of the molecule is O=CN(Cc1ccccc1)c1ccccc1. The first-order valence-electron chi connectivity index (χ1n) is 5.21. The zero-order valence-electron chi connectivity index (χ0n) is 8.91. The van der Waals surface area contributed by atoms with Crippen LogP contribution in [-0.4, -0.2) is 6.41 Å². The summed E-state index contributed by atoms with van der Waals surface area (Å²) in [4.78, 5) is 12.7. The van der Waals surface area contributed by atoms with Gasteiger partial charge < -0.3 is 4.90 Å². The van der Waals surface area contributed by atoms with Gasteiger partial charge in [0.15, 0.2) is 0 Å². The van der Waals surface area contributed by atoms with Crippen LogP contribution < -0.4 is 4.90 Å². The Morgan fingerprint density at radius 3 is 2.00 bits per heavy atom. The third kappa shape index (κ3) is 2.48. The van der Waals surface area contributed by atoms with Crippen LogP contribution in [0.5, 0.6) is 0 Å². The number of nitrogens with zero attached hydrogens (tertiary/aromatic N) is 1. The van der Waals surface area contributed by atoms with Gasteiger partial charge >= 0.3 is 0 Å². The smallest absolute Gasteiger partial charge is 0.214 e. The van der Waals surface area contributed by atoms with Crippen molar-refractivity contribution in [3.8, 4) is 0 Å². The Morgan fingerprint density at radius 1 is 0.875 bits per heavy atom. The average molecular weight is 211 g/mol. The summed E-state index contributed by atoms with van der Waals surface area (Å²) in [5.41, 5.74) is 2.04. The first kappa shape index (κ1) is 10.4. The molecule has 0 aliphatic heterocycles. The van der Waals surface area contributed by atoms with Crippen LogP contribution in [0.25, 0.3) is 0 Å². The highest BCUT2D eigenvalue weighted by Gasteiger charge is 2.04. The standard InChI is InChI=1S/C14H13NO/c16-12-15(14-9-5-2-6-10-14)11-13-7-3-1-4-8-13/h1-10,12H,11H2. The van der Waals surface area contributed by atoms with Crippen LogP contribution in [0, 0.1) is 0 Å². The predicted octanol–water partition coefficient (Wildman–Crippen LogP) is 2.85. The molecule has 1 amide bonds. The molecule has 2 heteroatoms. The lowest BCUT2D eigenvalue weighted by atomic mass is 10.2. The third-order valence-electron chi connectivity index (χ3n) is 2.41. The Morgan fingerprint density at radius 2 is 1.44 bits per heavy atom. The molecule has 0 unspecified atom stereocenters. The lowest BCUT2D eigenvalue weighted by molar-refractivity contribution is -0.107. The maximum Gasteiger partial charge on any atom is 0.214 e.